The van der Waals surface area contributed by atoms with Crippen LogP contribution in [0.1, 0.15) is 42.9 Å². The van der Waals surface area contributed by atoms with Crippen molar-refractivity contribution in [2.45, 2.75) is 38.5 Å². The van der Waals surface area contributed by atoms with Gasteiger partial charge in [-0.2, -0.15) is 26.3 Å². The van der Waals surface area contributed by atoms with Crippen LogP contribution in [0.3, 0.4) is 0 Å². The third-order valence-electron chi connectivity index (χ3n) is 5.28. The van der Waals surface area contributed by atoms with Gasteiger partial charge in [-0.25, -0.2) is 0 Å². The van der Waals surface area contributed by atoms with E-state index in [0.29, 0.717) is 16.7 Å². The molecule has 0 aliphatic heterocycles. The van der Waals surface area contributed by atoms with E-state index in [2.05, 4.69) is 0 Å². The molecule has 1 atom stereocenters. The second-order valence-electron chi connectivity index (χ2n) is 8.51. The van der Waals surface area contributed by atoms with Crippen LogP contribution in [-0.2, 0) is 17.1 Å². The molecular weight excluding hydrogens is 474 g/mol. The van der Waals surface area contributed by atoms with Gasteiger partial charge in [0.25, 0.3) is 0 Å². The highest BCUT2D eigenvalue weighted by atomic mass is 19.4. The lowest BCUT2D eigenvalue weighted by Crippen LogP contribution is -2.14. The summed E-state index contributed by atoms with van der Waals surface area (Å²) in [6.07, 6.45) is -8.84. The van der Waals surface area contributed by atoms with Gasteiger partial charge in [0.05, 0.1) is 17.0 Å². The Kier molecular flexibility index (Phi) is 7.47. The molecule has 3 aromatic rings. The molecule has 0 saturated heterocycles. The molecule has 0 bridgehead atoms. The van der Waals surface area contributed by atoms with E-state index in [4.69, 9.17) is 4.74 Å². The summed E-state index contributed by atoms with van der Waals surface area (Å²) in [4.78, 5) is 12.0. The average molecular weight is 496 g/mol. The van der Waals surface area contributed by atoms with E-state index >= 15 is 0 Å². The van der Waals surface area contributed by atoms with Crippen molar-refractivity contribution in [3.05, 3.63) is 83.4 Å². The number of halogens is 6. The minimum Gasteiger partial charge on any atom is -0.481 e. The Balaban J connectivity index is 2.09. The van der Waals surface area contributed by atoms with Crippen LogP contribution < -0.4 is 4.74 Å². The number of aliphatic carboxylic acids is 1. The Morgan fingerprint density at radius 2 is 1.43 bits per heavy atom. The lowest BCUT2D eigenvalue weighted by Gasteiger charge is -2.18. The third-order valence-corrected chi connectivity index (χ3v) is 5.28. The Labute approximate surface area is 198 Å². The molecule has 3 aromatic carbocycles. The minimum absolute atomic E-state index is 0.0126. The molecule has 9 heteroatoms. The highest BCUT2D eigenvalue weighted by Crippen LogP contribution is 2.37. The van der Waals surface area contributed by atoms with Crippen LogP contribution in [0.4, 0.5) is 26.3 Å². The number of carboxylic acid groups (broad SMARTS) is 1. The normalized spacial score (nSPS) is 13.1. The minimum atomic E-state index is -4.59. The smallest absolute Gasteiger partial charge is 0.416 e. The Bertz CT molecular complexity index is 1180. The first-order valence-corrected chi connectivity index (χ1v) is 10.6. The number of carboxylic acids is 1. The van der Waals surface area contributed by atoms with Gasteiger partial charge in [0, 0.05) is 0 Å². The van der Waals surface area contributed by atoms with Gasteiger partial charge in [-0.3, -0.25) is 4.79 Å². The summed E-state index contributed by atoms with van der Waals surface area (Å²) >= 11 is 0. The van der Waals surface area contributed by atoms with E-state index in [1.165, 1.54) is 36.4 Å². The van der Waals surface area contributed by atoms with Crippen LogP contribution in [0.2, 0.25) is 0 Å². The van der Waals surface area contributed by atoms with Crippen molar-refractivity contribution in [3.63, 3.8) is 0 Å². The summed E-state index contributed by atoms with van der Waals surface area (Å²) in [5.74, 6) is -2.10. The van der Waals surface area contributed by atoms with Crippen LogP contribution in [0.15, 0.2) is 66.7 Å². The molecule has 0 fully saturated rings. The summed E-state index contributed by atoms with van der Waals surface area (Å²) in [6.45, 7) is 3.69. The average Bonchev–Trinajstić information content (AvgIpc) is 2.76. The fourth-order valence-corrected chi connectivity index (χ4v) is 3.62. The monoisotopic (exact) mass is 496 g/mol. The van der Waals surface area contributed by atoms with Crippen LogP contribution in [0.5, 0.6) is 11.5 Å². The van der Waals surface area contributed by atoms with Crippen molar-refractivity contribution in [3.8, 4) is 22.6 Å². The zero-order chi connectivity index (χ0) is 26.0. The second-order valence-corrected chi connectivity index (χ2v) is 8.51. The number of carbonyl (C=O) groups is 1. The molecule has 0 aliphatic carbocycles. The van der Waals surface area contributed by atoms with Crippen molar-refractivity contribution < 1.29 is 41.0 Å². The fraction of sp³-hybridized carbons (Fsp3) is 0.269. The van der Waals surface area contributed by atoms with E-state index in [0.717, 1.165) is 24.3 Å². The number of alkyl halides is 6. The molecular formula is C26H22F6O3. The van der Waals surface area contributed by atoms with E-state index in [1.807, 2.05) is 13.8 Å². The van der Waals surface area contributed by atoms with E-state index in [9.17, 15) is 36.2 Å². The van der Waals surface area contributed by atoms with Crippen molar-refractivity contribution in [1.29, 1.82) is 0 Å². The number of ether oxygens (including phenoxy) is 1. The van der Waals surface area contributed by atoms with Gasteiger partial charge < -0.3 is 9.84 Å². The first-order chi connectivity index (χ1) is 16.2. The number of hydrogen-bond donors (Lipinski definition) is 1. The number of rotatable bonds is 7. The van der Waals surface area contributed by atoms with E-state index in [-0.39, 0.29) is 23.8 Å². The predicted molar refractivity (Wildman–Crippen MR) is 118 cm³/mol. The van der Waals surface area contributed by atoms with Crippen molar-refractivity contribution >= 4 is 5.97 Å². The molecule has 35 heavy (non-hydrogen) atoms. The third kappa shape index (κ3) is 6.77. The van der Waals surface area contributed by atoms with Gasteiger partial charge >= 0.3 is 18.3 Å². The first kappa shape index (κ1) is 26.1. The van der Waals surface area contributed by atoms with Crippen LogP contribution in [-0.4, -0.2) is 11.1 Å². The number of benzene rings is 3. The van der Waals surface area contributed by atoms with Gasteiger partial charge in [-0.05, 0) is 71.5 Å². The predicted octanol–water partition coefficient (Wildman–Crippen LogP) is 8.40. The van der Waals surface area contributed by atoms with Gasteiger partial charge in [0.2, 0.25) is 0 Å². The Morgan fingerprint density at radius 1 is 0.800 bits per heavy atom. The van der Waals surface area contributed by atoms with Gasteiger partial charge in [0.15, 0.2) is 0 Å². The first-order valence-electron chi connectivity index (χ1n) is 10.6. The van der Waals surface area contributed by atoms with Crippen molar-refractivity contribution in [1.82, 2.24) is 0 Å². The van der Waals surface area contributed by atoms with Crippen LogP contribution in [0, 0.1) is 5.92 Å². The van der Waals surface area contributed by atoms with Crippen molar-refractivity contribution in [2.75, 3.05) is 0 Å². The molecule has 3 nitrogen and oxygen atoms in total. The highest BCUT2D eigenvalue weighted by molar-refractivity contribution is 5.78. The molecule has 0 aliphatic rings. The SMILES string of the molecule is CC(C)CC(C(=O)O)c1cc(Oc2cccc(C(F)(F)F)c2)cc(-c2ccc(C(F)(F)F)cc2)c1. The highest BCUT2D eigenvalue weighted by Gasteiger charge is 2.31. The van der Waals surface area contributed by atoms with Gasteiger partial charge in [0.1, 0.15) is 11.5 Å². The maximum atomic E-state index is 13.1. The zero-order valence-electron chi connectivity index (χ0n) is 18.7. The molecule has 0 heterocycles. The molecule has 0 amide bonds. The molecule has 1 N–H and O–H groups in total. The molecule has 0 saturated carbocycles. The summed E-state index contributed by atoms with van der Waals surface area (Å²) in [5.41, 5.74) is -0.709. The molecule has 186 valence electrons. The lowest BCUT2D eigenvalue weighted by atomic mass is 9.88. The Hall–Kier alpha value is -3.49. The quantitative estimate of drug-likeness (QED) is 0.334. The van der Waals surface area contributed by atoms with Crippen LogP contribution >= 0.6 is 0 Å². The summed E-state index contributed by atoms with van der Waals surface area (Å²) in [7, 11) is 0. The summed E-state index contributed by atoms with van der Waals surface area (Å²) in [6, 6.07) is 12.9. The molecule has 0 radical (unpaired) electrons. The van der Waals surface area contributed by atoms with Gasteiger partial charge in [-0.1, -0.05) is 38.1 Å². The molecule has 0 spiro atoms. The van der Waals surface area contributed by atoms with Gasteiger partial charge in [-0.15, -0.1) is 0 Å². The maximum absolute atomic E-state index is 13.1. The van der Waals surface area contributed by atoms with E-state index < -0.39 is 35.4 Å². The van der Waals surface area contributed by atoms with E-state index in [1.54, 1.807) is 6.07 Å². The molecule has 3 rings (SSSR count). The van der Waals surface area contributed by atoms with Crippen molar-refractivity contribution in [2.24, 2.45) is 5.92 Å². The molecule has 1 unspecified atom stereocenters. The standard InChI is InChI=1S/C26H22F6O3/c1-15(2)10-23(24(33)34)18-11-17(16-6-8-19(9-7-16)25(27,28)29)12-22(13-18)35-21-5-3-4-20(14-21)26(30,31)32/h3-9,11-15,23H,10H2,1-2H3,(H,33,34). The summed E-state index contributed by atoms with van der Waals surface area (Å²) < 4.78 is 83.8. The zero-order valence-corrected chi connectivity index (χ0v) is 18.7. The Morgan fingerprint density at radius 3 is 1.97 bits per heavy atom. The number of hydrogen-bond acceptors (Lipinski definition) is 2. The molecule has 0 aromatic heterocycles. The van der Waals surface area contributed by atoms with Crippen LogP contribution in [0.25, 0.3) is 11.1 Å². The largest absolute Gasteiger partial charge is 0.481 e. The lowest BCUT2D eigenvalue weighted by molar-refractivity contribution is -0.139. The second kappa shape index (κ2) is 10.0. The summed E-state index contributed by atoms with van der Waals surface area (Å²) in [5, 5.41) is 9.78. The fourth-order valence-electron chi connectivity index (χ4n) is 3.62. The maximum Gasteiger partial charge on any atom is 0.416 e. The topological polar surface area (TPSA) is 46.5 Å².